The Balaban J connectivity index is 2.82. The quantitative estimate of drug-likeness (QED) is 0.819. The fraction of sp³-hybridized carbons (Fsp3) is 0.333. The van der Waals surface area contributed by atoms with E-state index < -0.39 is 18.0 Å². The monoisotopic (exact) mass is 249 g/mol. The molecule has 0 bridgehead atoms. The number of carbonyl (C=O) groups is 1. The van der Waals surface area contributed by atoms with Crippen molar-refractivity contribution >= 4 is 11.9 Å². The van der Waals surface area contributed by atoms with Crippen molar-refractivity contribution in [2.24, 2.45) is 7.05 Å². The Morgan fingerprint density at radius 2 is 2.18 bits per heavy atom. The molecule has 0 saturated carbocycles. The van der Waals surface area contributed by atoms with Crippen LogP contribution >= 0.6 is 0 Å². The van der Waals surface area contributed by atoms with Crippen molar-refractivity contribution in [3.05, 3.63) is 24.1 Å². The first-order valence-corrected chi connectivity index (χ1v) is 4.45. The number of anilines is 1. The van der Waals surface area contributed by atoms with Gasteiger partial charge in [-0.1, -0.05) is 6.58 Å². The highest BCUT2D eigenvalue weighted by molar-refractivity contribution is 5.84. The first-order valence-electron chi connectivity index (χ1n) is 4.45. The minimum Gasteiger partial charge on any atom is -0.416 e. The van der Waals surface area contributed by atoms with Gasteiger partial charge in [0, 0.05) is 13.1 Å². The van der Waals surface area contributed by atoms with E-state index in [1.807, 2.05) is 0 Å². The maximum atomic E-state index is 12.3. The van der Waals surface area contributed by atoms with Crippen molar-refractivity contribution in [3.63, 3.8) is 0 Å². The Morgan fingerprint density at radius 1 is 1.59 bits per heavy atom. The average Bonchev–Trinajstić information content (AvgIpc) is 2.45. The second kappa shape index (κ2) is 4.48. The molecule has 0 spiro atoms. The molecule has 0 aromatic carbocycles. The molecule has 1 N–H and O–H groups in total. The molecule has 0 aliphatic carbocycles. The highest BCUT2D eigenvalue weighted by Gasteiger charge is 2.34. The number of halogens is 3. The summed E-state index contributed by atoms with van der Waals surface area (Å²) in [6.45, 7) is 4.75. The molecule has 17 heavy (non-hydrogen) atoms. The van der Waals surface area contributed by atoms with Gasteiger partial charge in [-0.25, -0.2) is 4.79 Å². The number of carbonyl (C=O) groups excluding carboxylic acids is 1. The largest absolute Gasteiger partial charge is 0.435 e. The van der Waals surface area contributed by atoms with Gasteiger partial charge in [0.05, 0.1) is 5.76 Å². The summed E-state index contributed by atoms with van der Waals surface area (Å²) in [4.78, 5) is 11.1. The fourth-order valence-electron chi connectivity index (χ4n) is 1.01. The minimum atomic E-state index is -4.56. The lowest BCUT2D eigenvalue weighted by Gasteiger charge is -2.05. The molecule has 8 heteroatoms. The average molecular weight is 249 g/mol. The third-order valence-corrected chi connectivity index (χ3v) is 1.67. The Labute approximate surface area is 94.9 Å². The van der Waals surface area contributed by atoms with Gasteiger partial charge >= 0.3 is 12.3 Å². The summed E-state index contributed by atoms with van der Waals surface area (Å²) in [5.74, 6) is 0.00397. The van der Waals surface area contributed by atoms with Gasteiger partial charge in [0.15, 0.2) is 5.69 Å². The summed E-state index contributed by atoms with van der Waals surface area (Å²) in [7, 11) is 1.27. The highest BCUT2D eigenvalue weighted by atomic mass is 19.4. The molecule has 1 amide bonds. The van der Waals surface area contributed by atoms with Crippen LogP contribution in [0.5, 0.6) is 0 Å². The number of nitrogens with zero attached hydrogens (tertiary/aromatic N) is 2. The van der Waals surface area contributed by atoms with Crippen molar-refractivity contribution in [3.8, 4) is 0 Å². The number of nitrogens with one attached hydrogen (secondary N) is 1. The summed E-state index contributed by atoms with van der Waals surface area (Å²) >= 11 is 0. The van der Waals surface area contributed by atoms with Crippen molar-refractivity contribution in [2.45, 2.75) is 13.1 Å². The predicted octanol–water partition coefficient (Wildman–Crippen LogP) is 2.52. The highest BCUT2D eigenvalue weighted by Crippen LogP contribution is 2.29. The van der Waals surface area contributed by atoms with E-state index in [4.69, 9.17) is 0 Å². The molecule has 0 fully saturated rings. The van der Waals surface area contributed by atoms with Crippen LogP contribution in [0, 0.1) is 0 Å². The van der Waals surface area contributed by atoms with Crippen molar-refractivity contribution in [1.29, 1.82) is 0 Å². The fourth-order valence-corrected chi connectivity index (χ4v) is 1.01. The third kappa shape index (κ3) is 3.51. The molecule has 0 saturated heterocycles. The van der Waals surface area contributed by atoms with E-state index >= 15 is 0 Å². The Hall–Kier alpha value is -1.99. The minimum absolute atomic E-state index is 0.122. The van der Waals surface area contributed by atoms with Crippen LogP contribution in [0.2, 0.25) is 0 Å². The van der Waals surface area contributed by atoms with Crippen LogP contribution in [0.25, 0.3) is 0 Å². The molecule has 1 aromatic rings. The van der Waals surface area contributed by atoms with Gasteiger partial charge < -0.3 is 4.74 Å². The first kappa shape index (κ1) is 13.1. The number of hydrogen-bond donors (Lipinski definition) is 1. The lowest BCUT2D eigenvalue weighted by molar-refractivity contribution is -0.141. The van der Waals surface area contributed by atoms with E-state index in [0.29, 0.717) is 6.07 Å². The Bertz CT molecular complexity index is 451. The van der Waals surface area contributed by atoms with Crippen LogP contribution in [0.3, 0.4) is 0 Å². The second-order valence-corrected chi connectivity index (χ2v) is 3.25. The molecule has 0 atom stereocenters. The summed E-state index contributed by atoms with van der Waals surface area (Å²) in [5.41, 5.74) is -1.09. The molecule has 0 radical (unpaired) electrons. The lowest BCUT2D eigenvalue weighted by atomic mass is 10.4. The number of allylic oxidation sites excluding steroid dienone is 1. The molecule has 1 aromatic heterocycles. The topological polar surface area (TPSA) is 56.1 Å². The van der Waals surface area contributed by atoms with Gasteiger partial charge in [0.2, 0.25) is 0 Å². The number of alkyl halides is 3. The zero-order valence-electron chi connectivity index (χ0n) is 9.13. The van der Waals surface area contributed by atoms with E-state index in [1.54, 1.807) is 0 Å². The normalized spacial score (nSPS) is 11.1. The van der Waals surface area contributed by atoms with E-state index in [-0.39, 0.29) is 11.6 Å². The maximum Gasteiger partial charge on any atom is 0.435 e. The maximum absolute atomic E-state index is 12.3. The Morgan fingerprint density at radius 3 is 2.59 bits per heavy atom. The van der Waals surface area contributed by atoms with Crippen molar-refractivity contribution in [1.82, 2.24) is 9.78 Å². The van der Waals surface area contributed by atoms with Crippen molar-refractivity contribution in [2.75, 3.05) is 5.32 Å². The summed E-state index contributed by atoms with van der Waals surface area (Å²) < 4.78 is 42.3. The number of aryl methyl sites for hydroxylation is 1. The number of ether oxygens (including phenoxy) is 1. The summed E-state index contributed by atoms with van der Waals surface area (Å²) in [5, 5.41) is 5.33. The van der Waals surface area contributed by atoms with E-state index in [0.717, 1.165) is 4.68 Å². The zero-order valence-corrected chi connectivity index (χ0v) is 9.13. The van der Waals surface area contributed by atoms with Crippen LogP contribution in [-0.2, 0) is 18.0 Å². The molecule has 0 aliphatic heterocycles. The van der Waals surface area contributed by atoms with E-state index in [2.05, 4.69) is 21.7 Å². The van der Waals surface area contributed by atoms with Crippen LogP contribution in [0.1, 0.15) is 12.6 Å². The molecule has 1 heterocycles. The number of hydrogen-bond acceptors (Lipinski definition) is 3. The van der Waals surface area contributed by atoms with E-state index in [9.17, 15) is 18.0 Å². The molecule has 0 aliphatic rings. The van der Waals surface area contributed by atoms with Crippen LogP contribution in [-0.4, -0.2) is 15.9 Å². The zero-order chi connectivity index (χ0) is 13.2. The first-order chi connectivity index (χ1) is 7.70. The van der Waals surface area contributed by atoms with Gasteiger partial charge in [-0.3, -0.25) is 10.00 Å². The number of aromatic nitrogens is 2. The molecular weight excluding hydrogens is 239 g/mol. The van der Waals surface area contributed by atoms with Crippen LogP contribution in [0.4, 0.5) is 23.8 Å². The van der Waals surface area contributed by atoms with Gasteiger partial charge in [-0.2, -0.15) is 18.3 Å². The lowest BCUT2D eigenvalue weighted by Crippen LogP contribution is -2.14. The van der Waals surface area contributed by atoms with Crippen molar-refractivity contribution < 1.29 is 22.7 Å². The molecule has 94 valence electrons. The van der Waals surface area contributed by atoms with Crippen LogP contribution < -0.4 is 5.32 Å². The summed E-state index contributed by atoms with van der Waals surface area (Å²) in [6, 6.07) is 0.708. The molecule has 1 rings (SSSR count). The smallest absolute Gasteiger partial charge is 0.416 e. The second-order valence-electron chi connectivity index (χ2n) is 3.25. The van der Waals surface area contributed by atoms with Crippen LogP contribution in [0.15, 0.2) is 18.4 Å². The Kier molecular flexibility index (Phi) is 3.45. The van der Waals surface area contributed by atoms with Gasteiger partial charge in [-0.15, -0.1) is 0 Å². The SMILES string of the molecule is C=C(C)OC(=O)Nc1cc(C(F)(F)F)nn1C. The van der Waals surface area contributed by atoms with Gasteiger partial charge in [0.25, 0.3) is 0 Å². The third-order valence-electron chi connectivity index (χ3n) is 1.67. The van der Waals surface area contributed by atoms with Gasteiger partial charge in [0.1, 0.15) is 5.82 Å². The standard InChI is InChI=1S/C9H10F3N3O2/c1-5(2)17-8(16)13-7-4-6(9(10,11)12)14-15(7)3/h4H,1H2,2-3H3,(H,13,16). The number of amides is 1. The molecule has 0 unspecified atom stereocenters. The summed E-state index contributed by atoms with van der Waals surface area (Å²) in [6.07, 6.45) is -5.48. The van der Waals surface area contributed by atoms with Gasteiger partial charge in [-0.05, 0) is 6.92 Å². The van der Waals surface area contributed by atoms with E-state index in [1.165, 1.54) is 14.0 Å². The number of rotatable bonds is 2. The molecule has 5 nitrogen and oxygen atoms in total. The predicted molar refractivity (Wildman–Crippen MR) is 53.1 cm³/mol. The molecular formula is C9H10F3N3O2.